The first-order valence-electron chi connectivity index (χ1n) is 8.06. The van der Waals surface area contributed by atoms with Gasteiger partial charge in [-0.2, -0.15) is 0 Å². The molecule has 0 aromatic carbocycles. The van der Waals surface area contributed by atoms with Crippen molar-refractivity contribution >= 4 is 0 Å². The average Bonchev–Trinajstić information content (AvgIpc) is 2.10. The van der Waals surface area contributed by atoms with Crippen molar-refractivity contribution in [3.05, 3.63) is 0 Å². The highest BCUT2D eigenvalue weighted by Crippen LogP contribution is 2.29. The number of rotatable bonds is 5. The van der Waals surface area contributed by atoms with E-state index in [-0.39, 0.29) is 0 Å². The maximum absolute atomic E-state index is 2.32. The first-order chi connectivity index (χ1) is 8.73. The zero-order valence-electron chi connectivity index (χ0n) is 16.3. The molecule has 0 bridgehead atoms. The lowest BCUT2D eigenvalue weighted by molar-refractivity contribution is 0.193. The van der Waals surface area contributed by atoms with E-state index in [2.05, 4.69) is 86.3 Å². The van der Waals surface area contributed by atoms with E-state index in [0.29, 0.717) is 10.8 Å². The first kappa shape index (κ1) is 22.2. The van der Waals surface area contributed by atoms with Gasteiger partial charge in [0.25, 0.3) is 0 Å². The van der Waals surface area contributed by atoms with Crippen LogP contribution in [0.3, 0.4) is 0 Å². The Morgan fingerprint density at radius 3 is 1.30 bits per heavy atom. The van der Waals surface area contributed by atoms with Crippen LogP contribution in [0.5, 0.6) is 0 Å². The first-order valence-corrected chi connectivity index (χ1v) is 8.06. The van der Waals surface area contributed by atoms with Crippen molar-refractivity contribution in [2.45, 2.75) is 68.2 Å². The molecule has 0 aliphatic carbocycles. The van der Waals surface area contributed by atoms with Crippen LogP contribution in [0.4, 0.5) is 0 Å². The highest BCUT2D eigenvalue weighted by atomic mass is 15.3. The quantitative estimate of drug-likeness (QED) is 0.660. The van der Waals surface area contributed by atoms with Crippen LogP contribution in [0.1, 0.15) is 68.2 Å². The maximum atomic E-state index is 2.32. The summed E-state index contributed by atoms with van der Waals surface area (Å²) in [5.74, 6) is 0.768. The van der Waals surface area contributed by atoms with E-state index >= 15 is 0 Å². The fourth-order valence-corrected chi connectivity index (χ4v) is 1.91. The summed E-state index contributed by atoms with van der Waals surface area (Å²) in [4.78, 5) is 4.51. The fourth-order valence-electron chi connectivity index (χ4n) is 1.91. The Bertz CT molecular complexity index is 195. The lowest BCUT2D eigenvalue weighted by Gasteiger charge is -2.24. The highest BCUT2D eigenvalue weighted by molar-refractivity contribution is 4.68. The Kier molecular flexibility index (Phi) is 10.9. The van der Waals surface area contributed by atoms with E-state index in [0.717, 1.165) is 12.6 Å². The summed E-state index contributed by atoms with van der Waals surface area (Å²) in [6.45, 7) is 20.5. The second kappa shape index (κ2) is 9.78. The van der Waals surface area contributed by atoms with Gasteiger partial charge in [0.05, 0.1) is 0 Å². The largest absolute Gasteiger partial charge is 0.297 e. The van der Waals surface area contributed by atoms with Gasteiger partial charge in [0, 0.05) is 13.2 Å². The summed E-state index contributed by atoms with van der Waals surface area (Å²) in [7, 11) is 6.34. The van der Waals surface area contributed by atoms with Crippen molar-refractivity contribution < 1.29 is 0 Å². The topological polar surface area (TPSA) is 6.48 Å². The Labute approximate surface area is 129 Å². The molecule has 2 heteroatoms. The van der Waals surface area contributed by atoms with Crippen molar-refractivity contribution in [1.29, 1.82) is 0 Å². The summed E-state index contributed by atoms with van der Waals surface area (Å²) in [5.41, 5.74) is 1.01. The summed E-state index contributed by atoms with van der Waals surface area (Å²) >= 11 is 0. The molecule has 0 aromatic heterocycles. The minimum atomic E-state index is 0.507. The van der Waals surface area contributed by atoms with Gasteiger partial charge >= 0.3 is 0 Å². The number of hydrogen-bond donors (Lipinski definition) is 0. The van der Waals surface area contributed by atoms with Gasteiger partial charge in [-0.1, -0.05) is 55.4 Å². The van der Waals surface area contributed by atoms with Crippen molar-refractivity contribution in [3.63, 3.8) is 0 Å². The molecule has 0 unspecified atom stereocenters. The Morgan fingerprint density at radius 2 is 1.10 bits per heavy atom. The van der Waals surface area contributed by atoms with Gasteiger partial charge in [-0.05, 0) is 50.7 Å². The normalized spacial score (nSPS) is 12.9. The van der Waals surface area contributed by atoms with Crippen molar-refractivity contribution in [1.82, 2.24) is 9.80 Å². The summed E-state index contributed by atoms with van der Waals surface area (Å²) < 4.78 is 0. The van der Waals surface area contributed by atoms with Gasteiger partial charge in [0.2, 0.25) is 0 Å². The van der Waals surface area contributed by atoms with Crippen molar-refractivity contribution in [2.75, 3.05) is 34.4 Å². The third-order valence-electron chi connectivity index (χ3n) is 2.83. The Hall–Kier alpha value is -0.0800. The van der Waals surface area contributed by atoms with Crippen LogP contribution < -0.4 is 0 Å². The van der Waals surface area contributed by atoms with Crippen LogP contribution in [0.2, 0.25) is 0 Å². The minimum Gasteiger partial charge on any atom is -0.297 e. The van der Waals surface area contributed by atoms with E-state index in [4.69, 9.17) is 0 Å². The third-order valence-corrected chi connectivity index (χ3v) is 2.83. The standard InChI is InChI=1S/C10H22.C8H20N2/c1-9(2,3)7-8-10(4,5)6;1-8(2)6-10(5)7-9(3)4/h7-8H2,1-6H3;8H,6-7H2,1-5H3. The molecule has 20 heavy (non-hydrogen) atoms. The molecule has 0 fully saturated rings. The van der Waals surface area contributed by atoms with Crippen LogP contribution >= 0.6 is 0 Å². The molecule has 0 saturated carbocycles. The van der Waals surface area contributed by atoms with E-state index < -0.39 is 0 Å². The van der Waals surface area contributed by atoms with Crippen LogP contribution in [0.15, 0.2) is 0 Å². The summed E-state index contributed by atoms with van der Waals surface area (Å²) in [6, 6.07) is 0. The van der Waals surface area contributed by atoms with Gasteiger partial charge in [-0.25, -0.2) is 0 Å². The molecular formula is C18H42N2. The molecule has 0 aliphatic rings. The second-order valence-electron chi connectivity index (χ2n) is 9.27. The second-order valence-corrected chi connectivity index (χ2v) is 9.27. The van der Waals surface area contributed by atoms with Gasteiger partial charge in [-0.3, -0.25) is 9.80 Å². The third kappa shape index (κ3) is 23.0. The van der Waals surface area contributed by atoms with Gasteiger partial charge in [-0.15, -0.1) is 0 Å². The van der Waals surface area contributed by atoms with Crippen molar-refractivity contribution in [2.24, 2.45) is 16.7 Å². The van der Waals surface area contributed by atoms with E-state index in [1.807, 2.05) is 0 Å². The zero-order chi connectivity index (χ0) is 16.6. The molecule has 0 heterocycles. The zero-order valence-corrected chi connectivity index (χ0v) is 16.3. The van der Waals surface area contributed by atoms with Crippen LogP contribution in [0.25, 0.3) is 0 Å². The fraction of sp³-hybridized carbons (Fsp3) is 1.00. The molecule has 0 spiro atoms. The van der Waals surface area contributed by atoms with Gasteiger partial charge in [0.15, 0.2) is 0 Å². The van der Waals surface area contributed by atoms with Crippen LogP contribution in [-0.2, 0) is 0 Å². The smallest absolute Gasteiger partial charge is 0.0498 e. The molecule has 0 atom stereocenters. The monoisotopic (exact) mass is 286 g/mol. The van der Waals surface area contributed by atoms with Crippen LogP contribution in [-0.4, -0.2) is 44.2 Å². The lowest BCUT2D eigenvalue weighted by Crippen LogP contribution is -2.32. The van der Waals surface area contributed by atoms with E-state index in [9.17, 15) is 0 Å². The highest BCUT2D eigenvalue weighted by Gasteiger charge is 2.16. The SMILES string of the molecule is CC(C)(C)CCC(C)(C)C.CC(C)CN(C)CN(C)C. The Balaban J connectivity index is 0. The molecule has 0 saturated heterocycles. The lowest BCUT2D eigenvalue weighted by atomic mass is 9.81. The molecule has 0 amide bonds. The molecule has 0 rings (SSSR count). The predicted octanol–water partition coefficient (Wildman–Crippen LogP) is 4.95. The van der Waals surface area contributed by atoms with Gasteiger partial charge < -0.3 is 0 Å². The number of hydrogen-bond acceptors (Lipinski definition) is 2. The average molecular weight is 287 g/mol. The molecule has 0 N–H and O–H groups in total. The molecule has 0 radical (unpaired) electrons. The molecule has 0 aliphatic heterocycles. The van der Waals surface area contributed by atoms with Gasteiger partial charge in [0.1, 0.15) is 0 Å². The summed E-state index contributed by atoms with van der Waals surface area (Å²) in [5, 5.41) is 0. The Morgan fingerprint density at radius 1 is 0.750 bits per heavy atom. The number of nitrogens with zero attached hydrogens (tertiary/aromatic N) is 2. The van der Waals surface area contributed by atoms with Crippen molar-refractivity contribution in [3.8, 4) is 0 Å². The molecule has 0 aromatic rings. The molecular weight excluding hydrogens is 244 g/mol. The van der Waals surface area contributed by atoms with E-state index in [1.54, 1.807) is 0 Å². The minimum absolute atomic E-state index is 0.507. The molecule has 124 valence electrons. The maximum Gasteiger partial charge on any atom is 0.0498 e. The summed E-state index contributed by atoms with van der Waals surface area (Å²) in [6.07, 6.45) is 2.66. The molecule has 2 nitrogen and oxygen atoms in total. The van der Waals surface area contributed by atoms with Crippen LogP contribution in [0, 0.1) is 16.7 Å². The van der Waals surface area contributed by atoms with E-state index in [1.165, 1.54) is 19.4 Å². The predicted molar refractivity (Wildman–Crippen MR) is 94.2 cm³/mol.